The van der Waals surface area contributed by atoms with Gasteiger partial charge in [-0.15, -0.1) is 0 Å². The van der Waals surface area contributed by atoms with Gasteiger partial charge in [-0.05, 0) is 13.8 Å². The molecule has 1 atom stereocenters. The van der Waals surface area contributed by atoms with Gasteiger partial charge in [0.25, 0.3) is 0 Å². The van der Waals surface area contributed by atoms with Gasteiger partial charge in [0.1, 0.15) is 0 Å². The summed E-state index contributed by atoms with van der Waals surface area (Å²) in [5.74, 6) is 0. The summed E-state index contributed by atoms with van der Waals surface area (Å²) in [5, 5.41) is 7.11. The van der Waals surface area contributed by atoms with Crippen molar-refractivity contribution in [3.63, 3.8) is 0 Å². The highest BCUT2D eigenvalue weighted by atomic mass is 16.5. The van der Waals surface area contributed by atoms with Gasteiger partial charge in [-0.25, -0.2) is 0 Å². The van der Waals surface area contributed by atoms with E-state index in [-0.39, 0.29) is 11.8 Å². The number of carbonyl (C=O) groups is 1. The van der Waals surface area contributed by atoms with Gasteiger partial charge in [0.2, 0.25) is 0 Å². The maximum Gasteiger partial charge on any atom is 0.163 e. The van der Waals surface area contributed by atoms with Gasteiger partial charge in [0, 0.05) is 13.0 Å². The predicted octanol–water partition coefficient (Wildman–Crippen LogP) is 1.04. The van der Waals surface area contributed by atoms with Gasteiger partial charge in [-0.2, -0.15) is 0 Å². The molecule has 0 heterocycles. The number of hydrogen-bond donors (Lipinski definition) is 1. The zero-order valence-corrected chi connectivity index (χ0v) is 8.21. The summed E-state index contributed by atoms with van der Waals surface area (Å²) in [5.41, 5.74) is 0.0731. The molecule has 4 nitrogen and oxygen atoms in total. The molecule has 1 N–H and O–H groups in total. The molecule has 0 aromatic rings. The largest absolute Gasteiger partial charge is 0.379 e. The fraction of sp³-hybridized carbons (Fsp3) is 0.778. The molecule has 0 radical (unpaired) electrons. The van der Waals surface area contributed by atoms with Gasteiger partial charge >= 0.3 is 0 Å². The normalized spacial score (nSPS) is 12.5. The molecule has 0 fully saturated rings. The Morgan fingerprint density at radius 2 is 2.23 bits per heavy atom. The van der Waals surface area contributed by atoms with E-state index >= 15 is 0 Å². The molecular weight excluding hydrogens is 170 g/mol. The molecule has 0 rings (SSSR count). The van der Waals surface area contributed by atoms with Gasteiger partial charge in [0.15, 0.2) is 6.29 Å². The van der Waals surface area contributed by atoms with Crippen molar-refractivity contribution in [3.05, 3.63) is 0 Å². The van der Waals surface area contributed by atoms with Gasteiger partial charge in [-0.1, -0.05) is 0 Å². The Balaban J connectivity index is 3.34. The van der Waals surface area contributed by atoms with Gasteiger partial charge in [-0.3, -0.25) is 4.79 Å². The first-order valence-electron chi connectivity index (χ1n) is 4.42. The molecule has 0 aliphatic carbocycles. The van der Waals surface area contributed by atoms with Crippen LogP contribution < -0.4 is 0 Å². The van der Waals surface area contributed by atoms with Crippen molar-refractivity contribution in [1.82, 2.24) is 0 Å². The number of carbonyl (C=O) groups excluding carboxylic acids is 1. The summed E-state index contributed by atoms with van der Waals surface area (Å²) in [7, 11) is 0. The fourth-order valence-electron chi connectivity index (χ4n) is 0.869. The number of rotatable bonds is 8. The maximum atomic E-state index is 10.1. The SMILES string of the molecule is CCOCCOC(C)CC(=N)C=O. The van der Waals surface area contributed by atoms with Crippen molar-refractivity contribution in [2.24, 2.45) is 0 Å². The Morgan fingerprint density at radius 3 is 2.77 bits per heavy atom. The minimum absolute atomic E-state index is 0.0731. The van der Waals surface area contributed by atoms with E-state index in [0.29, 0.717) is 32.5 Å². The first kappa shape index (κ1) is 12.3. The summed E-state index contributed by atoms with van der Waals surface area (Å²) >= 11 is 0. The minimum Gasteiger partial charge on any atom is -0.379 e. The van der Waals surface area contributed by atoms with Crippen LogP contribution in [0.2, 0.25) is 0 Å². The third-order valence-corrected chi connectivity index (χ3v) is 1.48. The monoisotopic (exact) mass is 187 g/mol. The number of hydrogen-bond acceptors (Lipinski definition) is 4. The molecule has 0 aliphatic heterocycles. The van der Waals surface area contributed by atoms with Crippen LogP contribution in [-0.4, -0.2) is 37.9 Å². The molecule has 1 unspecified atom stereocenters. The minimum atomic E-state index is -0.0850. The average Bonchev–Trinajstić information content (AvgIpc) is 2.12. The molecule has 13 heavy (non-hydrogen) atoms. The number of nitrogens with one attached hydrogen (secondary N) is 1. The Morgan fingerprint density at radius 1 is 1.54 bits per heavy atom. The highest BCUT2D eigenvalue weighted by Crippen LogP contribution is 1.97. The summed E-state index contributed by atoms with van der Waals surface area (Å²) in [6.07, 6.45) is 0.830. The molecule has 0 spiro atoms. The second-order valence-electron chi connectivity index (χ2n) is 2.73. The average molecular weight is 187 g/mol. The van der Waals surface area contributed by atoms with E-state index in [1.165, 1.54) is 0 Å². The van der Waals surface area contributed by atoms with Gasteiger partial charge < -0.3 is 14.9 Å². The molecule has 4 heteroatoms. The Bertz CT molecular complexity index is 159. The van der Waals surface area contributed by atoms with Crippen LogP contribution in [0, 0.1) is 5.41 Å². The lowest BCUT2D eigenvalue weighted by molar-refractivity contribution is -0.103. The molecule has 0 aromatic heterocycles. The molecular formula is C9H17NO3. The van der Waals surface area contributed by atoms with Crippen molar-refractivity contribution in [2.45, 2.75) is 26.4 Å². The van der Waals surface area contributed by atoms with Crippen LogP contribution in [0.1, 0.15) is 20.3 Å². The van der Waals surface area contributed by atoms with Crippen molar-refractivity contribution in [1.29, 1.82) is 5.41 Å². The van der Waals surface area contributed by atoms with Crippen LogP contribution in [-0.2, 0) is 14.3 Å². The van der Waals surface area contributed by atoms with Crippen molar-refractivity contribution in [2.75, 3.05) is 19.8 Å². The summed E-state index contributed by atoms with van der Waals surface area (Å²) in [4.78, 5) is 10.1. The third-order valence-electron chi connectivity index (χ3n) is 1.48. The van der Waals surface area contributed by atoms with Crippen LogP contribution >= 0.6 is 0 Å². The van der Waals surface area contributed by atoms with E-state index in [1.807, 2.05) is 13.8 Å². The lowest BCUT2D eigenvalue weighted by Crippen LogP contribution is -2.17. The summed E-state index contributed by atoms with van der Waals surface area (Å²) < 4.78 is 10.4. The van der Waals surface area contributed by atoms with Crippen LogP contribution in [0.4, 0.5) is 0 Å². The van der Waals surface area contributed by atoms with E-state index in [0.717, 1.165) is 0 Å². The van der Waals surface area contributed by atoms with Crippen LogP contribution in [0.25, 0.3) is 0 Å². The Hall–Kier alpha value is -0.740. The van der Waals surface area contributed by atoms with E-state index in [4.69, 9.17) is 14.9 Å². The van der Waals surface area contributed by atoms with E-state index in [2.05, 4.69) is 0 Å². The third kappa shape index (κ3) is 7.62. The lowest BCUT2D eigenvalue weighted by atomic mass is 10.2. The van der Waals surface area contributed by atoms with E-state index in [9.17, 15) is 4.79 Å². The second-order valence-corrected chi connectivity index (χ2v) is 2.73. The first-order chi connectivity index (χ1) is 6.20. The summed E-state index contributed by atoms with van der Waals surface area (Å²) in [6.45, 7) is 5.52. The smallest absolute Gasteiger partial charge is 0.163 e. The molecule has 0 bridgehead atoms. The summed E-state index contributed by atoms with van der Waals surface area (Å²) in [6, 6.07) is 0. The molecule has 0 aliphatic rings. The molecule has 0 saturated heterocycles. The highest BCUT2D eigenvalue weighted by molar-refractivity contribution is 6.26. The van der Waals surface area contributed by atoms with E-state index in [1.54, 1.807) is 0 Å². The van der Waals surface area contributed by atoms with Crippen LogP contribution in [0.3, 0.4) is 0 Å². The molecule has 0 saturated carbocycles. The Kier molecular flexibility index (Phi) is 7.44. The fourth-order valence-corrected chi connectivity index (χ4v) is 0.869. The topological polar surface area (TPSA) is 59.4 Å². The maximum absolute atomic E-state index is 10.1. The Labute approximate surface area is 78.7 Å². The highest BCUT2D eigenvalue weighted by Gasteiger charge is 2.04. The second kappa shape index (κ2) is 7.89. The number of aldehydes is 1. The molecule has 76 valence electrons. The zero-order chi connectivity index (χ0) is 10.1. The van der Waals surface area contributed by atoms with Crippen LogP contribution in [0.5, 0.6) is 0 Å². The van der Waals surface area contributed by atoms with Crippen molar-refractivity contribution in [3.8, 4) is 0 Å². The number of ether oxygens (including phenoxy) is 2. The first-order valence-corrected chi connectivity index (χ1v) is 4.42. The predicted molar refractivity (Wildman–Crippen MR) is 50.3 cm³/mol. The standard InChI is InChI=1S/C9H17NO3/c1-3-12-4-5-13-8(2)6-9(10)7-11/h7-8,10H,3-6H2,1-2H3. The lowest BCUT2D eigenvalue weighted by Gasteiger charge is -2.11. The molecule has 0 aromatic carbocycles. The van der Waals surface area contributed by atoms with Crippen LogP contribution in [0.15, 0.2) is 0 Å². The quantitative estimate of drug-likeness (QED) is 0.351. The van der Waals surface area contributed by atoms with Crippen molar-refractivity contribution >= 4 is 12.0 Å². The van der Waals surface area contributed by atoms with E-state index < -0.39 is 0 Å². The molecule has 0 amide bonds. The zero-order valence-electron chi connectivity index (χ0n) is 8.21. The van der Waals surface area contributed by atoms with Gasteiger partial charge in [0.05, 0.1) is 25.0 Å². The van der Waals surface area contributed by atoms with Crippen molar-refractivity contribution < 1.29 is 14.3 Å².